The molecule has 0 bridgehead atoms. The van der Waals surface area contributed by atoms with E-state index in [0.29, 0.717) is 24.6 Å². The van der Waals surface area contributed by atoms with Gasteiger partial charge in [-0.25, -0.2) is 9.59 Å². The van der Waals surface area contributed by atoms with Crippen LogP contribution in [0.4, 0.5) is 0 Å². The number of ether oxygens (including phenoxy) is 2. The molecule has 6 nitrogen and oxygen atoms in total. The third-order valence-electron chi connectivity index (χ3n) is 4.70. The Hall–Kier alpha value is -1.76. The zero-order valence-corrected chi connectivity index (χ0v) is 18.7. The van der Waals surface area contributed by atoms with Crippen molar-refractivity contribution in [3.63, 3.8) is 0 Å². The topological polar surface area (TPSA) is 93.1 Å². The highest BCUT2D eigenvalue weighted by Crippen LogP contribution is 2.42. The predicted molar refractivity (Wildman–Crippen MR) is 116 cm³/mol. The first-order valence-corrected chi connectivity index (χ1v) is 11.7. The summed E-state index contributed by atoms with van der Waals surface area (Å²) in [5, 5.41) is 18.9. The number of hydrogen-bond acceptors (Lipinski definition) is 5. The number of hydrogen-bond donors (Lipinski definition) is 2. The van der Waals surface area contributed by atoms with Crippen molar-refractivity contribution in [1.82, 2.24) is 0 Å². The van der Waals surface area contributed by atoms with Crippen LogP contribution in [-0.4, -0.2) is 35.4 Å². The molecule has 0 amide bonds. The van der Waals surface area contributed by atoms with Crippen molar-refractivity contribution in [2.24, 2.45) is 0 Å². The van der Waals surface area contributed by atoms with Crippen LogP contribution >= 0.6 is 11.3 Å². The van der Waals surface area contributed by atoms with Crippen LogP contribution in [-0.2, 0) is 0 Å². The van der Waals surface area contributed by atoms with E-state index in [9.17, 15) is 19.8 Å². The SMILES string of the molecule is CCCCCCCCOc1c(C(=O)O)sc(C(=O)O)c1OCCCCCCCC. The molecule has 0 spiro atoms. The highest BCUT2D eigenvalue weighted by molar-refractivity contribution is 7.16. The Kier molecular flexibility index (Phi) is 13.2. The van der Waals surface area contributed by atoms with Crippen molar-refractivity contribution in [3.8, 4) is 11.5 Å². The fourth-order valence-corrected chi connectivity index (χ4v) is 3.93. The standard InChI is InChI=1S/C22H36O6S/c1-3-5-7-9-11-13-15-27-17-18(28-16-14-12-10-8-6-4-2)20(22(25)26)29-19(17)21(23)24/h3-16H2,1-2H3,(H,23,24)(H,25,26). The Labute approximate surface area is 178 Å². The summed E-state index contributed by atoms with van der Waals surface area (Å²) in [5.74, 6) is -2.24. The molecule has 0 fully saturated rings. The van der Waals surface area contributed by atoms with Gasteiger partial charge in [-0.1, -0.05) is 78.1 Å². The normalized spacial score (nSPS) is 10.8. The van der Waals surface area contributed by atoms with Crippen LogP contribution in [0.2, 0.25) is 0 Å². The average molecular weight is 429 g/mol. The summed E-state index contributed by atoms with van der Waals surface area (Å²) in [7, 11) is 0. The van der Waals surface area contributed by atoms with Crippen LogP contribution < -0.4 is 9.47 Å². The van der Waals surface area contributed by atoms with Gasteiger partial charge in [-0.15, -0.1) is 11.3 Å². The van der Waals surface area contributed by atoms with E-state index in [2.05, 4.69) is 13.8 Å². The maximum Gasteiger partial charge on any atom is 0.349 e. The lowest BCUT2D eigenvalue weighted by Gasteiger charge is -2.11. The van der Waals surface area contributed by atoms with Crippen LogP contribution in [0.25, 0.3) is 0 Å². The van der Waals surface area contributed by atoms with Crippen molar-refractivity contribution in [1.29, 1.82) is 0 Å². The van der Waals surface area contributed by atoms with E-state index in [1.807, 2.05) is 0 Å². The van der Waals surface area contributed by atoms with Crippen LogP contribution in [0.3, 0.4) is 0 Å². The van der Waals surface area contributed by atoms with Crippen LogP contribution in [0.15, 0.2) is 0 Å². The number of thiophene rings is 1. The van der Waals surface area contributed by atoms with Gasteiger partial charge in [-0.05, 0) is 12.8 Å². The maximum atomic E-state index is 11.6. The number of carbonyl (C=O) groups is 2. The second kappa shape index (κ2) is 15.1. The van der Waals surface area contributed by atoms with E-state index in [1.165, 1.54) is 38.5 Å². The van der Waals surface area contributed by atoms with E-state index in [0.717, 1.165) is 38.5 Å². The summed E-state index contributed by atoms with van der Waals surface area (Å²) in [4.78, 5) is 22.9. The van der Waals surface area contributed by atoms with Gasteiger partial charge in [0.1, 0.15) is 0 Å². The summed E-state index contributed by atoms with van der Waals surface area (Å²) in [5.41, 5.74) is 0. The van der Waals surface area contributed by atoms with Gasteiger partial charge in [0.15, 0.2) is 21.3 Å². The Balaban J connectivity index is 2.67. The highest BCUT2D eigenvalue weighted by atomic mass is 32.1. The fourth-order valence-electron chi connectivity index (χ4n) is 3.06. The Morgan fingerprint density at radius 1 is 0.655 bits per heavy atom. The molecule has 0 saturated heterocycles. The van der Waals surface area contributed by atoms with Gasteiger partial charge in [0.2, 0.25) is 0 Å². The smallest absolute Gasteiger partial charge is 0.349 e. The van der Waals surface area contributed by atoms with Gasteiger partial charge >= 0.3 is 11.9 Å². The summed E-state index contributed by atoms with van der Waals surface area (Å²) in [6.45, 7) is 5.05. The van der Waals surface area contributed by atoms with Crippen molar-refractivity contribution < 1.29 is 29.3 Å². The molecule has 0 aliphatic rings. The second-order valence-electron chi connectivity index (χ2n) is 7.26. The molecule has 1 heterocycles. The van der Waals surface area contributed by atoms with Gasteiger partial charge in [0.25, 0.3) is 0 Å². The quantitative estimate of drug-likeness (QED) is 0.255. The monoisotopic (exact) mass is 428 g/mol. The predicted octanol–water partition coefficient (Wildman–Crippen LogP) is 6.62. The van der Waals surface area contributed by atoms with Gasteiger partial charge in [0.05, 0.1) is 13.2 Å². The van der Waals surface area contributed by atoms with E-state index < -0.39 is 11.9 Å². The minimum Gasteiger partial charge on any atom is -0.488 e. The molecule has 1 aromatic heterocycles. The number of unbranched alkanes of at least 4 members (excludes halogenated alkanes) is 10. The van der Waals surface area contributed by atoms with E-state index in [-0.39, 0.29) is 21.3 Å². The molecule has 1 rings (SSSR count). The van der Waals surface area contributed by atoms with Crippen LogP contribution in [0, 0.1) is 0 Å². The minimum absolute atomic E-state index is 0.0689. The number of rotatable bonds is 18. The first-order chi connectivity index (χ1) is 14.0. The third kappa shape index (κ3) is 9.52. The summed E-state index contributed by atoms with van der Waals surface area (Å²) >= 11 is 0.703. The van der Waals surface area contributed by atoms with Gasteiger partial charge in [-0.3, -0.25) is 0 Å². The summed E-state index contributed by atoms with van der Waals surface area (Å²) in [6, 6.07) is 0. The largest absolute Gasteiger partial charge is 0.488 e. The first kappa shape index (κ1) is 25.3. The second-order valence-corrected chi connectivity index (χ2v) is 8.28. The Bertz CT molecular complexity index is 560. The molecule has 2 N–H and O–H groups in total. The zero-order valence-electron chi connectivity index (χ0n) is 17.8. The van der Waals surface area contributed by atoms with Gasteiger partial charge < -0.3 is 19.7 Å². The van der Waals surface area contributed by atoms with Crippen molar-refractivity contribution in [2.75, 3.05) is 13.2 Å². The number of carboxylic acid groups (broad SMARTS) is 2. The lowest BCUT2D eigenvalue weighted by molar-refractivity contribution is 0.0685. The molecule has 0 aliphatic carbocycles. The molecule has 1 aromatic rings. The van der Waals surface area contributed by atoms with Crippen LogP contribution in [0.1, 0.15) is 110 Å². The molecule has 7 heteroatoms. The van der Waals surface area contributed by atoms with Gasteiger partial charge in [-0.2, -0.15) is 0 Å². The average Bonchev–Trinajstić information content (AvgIpc) is 3.05. The summed E-state index contributed by atoms with van der Waals surface area (Å²) in [6.07, 6.45) is 13.0. The van der Waals surface area contributed by atoms with E-state index >= 15 is 0 Å². The summed E-state index contributed by atoms with van der Waals surface area (Å²) < 4.78 is 11.4. The molecule has 0 aromatic carbocycles. The Morgan fingerprint density at radius 2 is 1.00 bits per heavy atom. The molecule has 0 unspecified atom stereocenters. The van der Waals surface area contributed by atoms with Crippen LogP contribution in [0.5, 0.6) is 11.5 Å². The van der Waals surface area contributed by atoms with E-state index in [1.54, 1.807) is 0 Å². The van der Waals surface area contributed by atoms with Crippen molar-refractivity contribution in [2.45, 2.75) is 90.9 Å². The first-order valence-electron chi connectivity index (χ1n) is 10.9. The molecule has 166 valence electrons. The van der Waals surface area contributed by atoms with E-state index in [4.69, 9.17) is 9.47 Å². The zero-order chi connectivity index (χ0) is 21.5. The molecule has 0 radical (unpaired) electrons. The van der Waals surface area contributed by atoms with Gasteiger partial charge in [0, 0.05) is 0 Å². The molecule has 0 atom stereocenters. The molecular weight excluding hydrogens is 392 g/mol. The minimum atomic E-state index is -1.19. The lowest BCUT2D eigenvalue weighted by Crippen LogP contribution is -2.06. The molecular formula is C22H36O6S. The molecule has 0 saturated carbocycles. The van der Waals surface area contributed by atoms with Crippen molar-refractivity contribution in [3.05, 3.63) is 9.75 Å². The molecule has 29 heavy (non-hydrogen) atoms. The maximum absolute atomic E-state index is 11.6. The fraction of sp³-hybridized carbons (Fsp3) is 0.727. The lowest BCUT2D eigenvalue weighted by atomic mass is 10.1. The third-order valence-corrected chi connectivity index (χ3v) is 5.83. The number of aromatic carboxylic acids is 2. The number of carboxylic acids is 2. The van der Waals surface area contributed by atoms with Crippen molar-refractivity contribution >= 4 is 23.3 Å². The highest BCUT2D eigenvalue weighted by Gasteiger charge is 2.29. The Morgan fingerprint density at radius 3 is 1.34 bits per heavy atom. The molecule has 0 aliphatic heterocycles.